The van der Waals surface area contributed by atoms with Crippen molar-refractivity contribution in [3.8, 4) is 0 Å². The molecule has 0 amide bonds. The number of nitrogens with zero attached hydrogens (tertiary/aromatic N) is 1. The number of anilines is 2. The Morgan fingerprint density at radius 3 is 2.38 bits per heavy atom. The monoisotopic (exact) mass is 320 g/mol. The average molecular weight is 321 g/mol. The standard InChI is InChI=1S/C17H18Cl2N2/c18-14-8-13(9-15(19)10-14)12-20-16-4-3-5-17(11-16)21-6-1-2-7-21/h3-5,8-11,20H,1-2,6-7,12H2. The van der Waals surface area contributed by atoms with Crippen molar-refractivity contribution in [2.75, 3.05) is 23.3 Å². The molecule has 0 atom stereocenters. The maximum Gasteiger partial charge on any atom is 0.0424 e. The van der Waals surface area contributed by atoms with Crippen LogP contribution in [0, 0.1) is 0 Å². The van der Waals surface area contributed by atoms with Crippen LogP contribution in [0.5, 0.6) is 0 Å². The predicted molar refractivity (Wildman–Crippen MR) is 91.7 cm³/mol. The van der Waals surface area contributed by atoms with Crippen LogP contribution in [0.25, 0.3) is 0 Å². The molecular weight excluding hydrogens is 303 g/mol. The quantitative estimate of drug-likeness (QED) is 0.832. The summed E-state index contributed by atoms with van der Waals surface area (Å²) in [7, 11) is 0. The van der Waals surface area contributed by atoms with Crippen LogP contribution >= 0.6 is 23.2 Å². The lowest BCUT2D eigenvalue weighted by Crippen LogP contribution is -2.17. The van der Waals surface area contributed by atoms with Crippen LogP contribution in [0.15, 0.2) is 42.5 Å². The summed E-state index contributed by atoms with van der Waals surface area (Å²) in [6.07, 6.45) is 2.58. The minimum atomic E-state index is 0.671. The largest absolute Gasteiger partial charge is 0.381 e. The van der Waals surface area contributed by atoms with Gasteiger partial charge in [-0.2, -0.15) is 0 Å². The van der Waals surface area contributed by atoms with Gasteiger partial charge in [0.2, 0.25) is 0 Å². The summed E-state index contributed by atoms with van der Waals surface area (Å²) in [6, 6.07) is 14.2. The van der Waals surface area contributed by atoms with Crippen LogP contribution in [0.3, 0.4) is 0 Å². The molecule has 1 saturated heterocycles. The van der Waals surface area contributed by atoms with Crippen LogP contribution in [-0.4, -0.2) is 13.1 Å². The van der Waals surface area contributed by atoms with Crippen LogP contribution < -0.4 is 10.2 Å². The minimum absolute atomic E-state index is 0.671. The first-order chi connectivity index (χ1) is 10.2. The molecule has 110 valence electrons. The van der Waals surface area contributed by atoms with Crippen molar-refractivity contribution in [2.45, 2.75) is 19.4 Å². The van der Waals surface area contributed by atoms with Crippen molar-refractivity contribution >= 4 is 34.6 Å². The Balaban J connectivity index is 1.68. The minimum Gasteiger partial charge on any atom is -0.381 e. The van der Waals surface area contributed by atoms with E-state index in [0.29, 0.717) is 16.6 Å². The van der Waals surface area contributed by atoms with Crippen LogP contribution in [0.1, 0.15) is 18.4 Å². The molecule has 0 radical (unpaired) electrons. The number of nitrogens with one attached hydrogen (secondary N) is 1. The van der Waals surface area contributed by atoms with Gasteiger partial charge in [0.1, 0.15) is 0 Å². The fraction of sp³-hybridized carbons (Fsp3) is 0.294. The van der Waals surface area contributed by atoms with Gasteiger partial charge < -0.3 is 10.2 Å². The molecule has 2 aromatic rings. The van der Waals surface area contributed by atoms with Gasteiger partial charge in [-0.3, -0.25) is 0 Å². The van der Waals surface area contributed by atoms with Crippen molar-refractivity contribution in [1.29, 1.82) is 0 Å². The maximum atomic E-state index is 6.02. The zero-order valence-electron chi connectivity index (χ0n) is 11.8. The third-order valence-electron chi connectivity index (χ3n) is 3.74. The third-order valence-corrected chi connectivity index (χ3v) is 4.17. The molecule has 3 rings (SSSR count). The second-order valence-corrected chi connectivity index (χ2v) is 6.25. The van der Waals surface area contributed by atoms with E-state index in [2.05, 4.69) is 34.5 Å². The van der Waals surface area contributed by atoms with Crippen LogP contribution in [0.2, 0.25) is 10.0 Å². The third kappa shape index (κ3) is 3.84. The van der Waals surface area contributed by atoms with Crippen molar-refractivity contribution in [1.82, 2.24) is 0 Å². The van der Waals surface area contributed by atoms with Gasteiger partial charge in [-0.05, 0) is 54.8 Å². The van der Waals surface area contributed by atoms with Crippen molar-refractivity contribution < 1.29 is 0 Å². The second-order valence-electron chi connectivity index (χ2n) is 5.38. The molecule has 1 aliphatic rings. The van der Waals surface area contributed by atoms with Gasteiger partial charge in [0, 0.05) is 41.1 Å². The molecule has 2 aromatic carbocycles. The SMILES string of the molecule is Clc1cc(Cl)cc(CNc2cccc(N3CCCC3)c2)c1. The summed E-state index contributed by atoms with van der Waals surface area (Å²) in [5.41, 5.74) is 3.50. The number of rotatable bonds is 4. The zero-order chi connectivity index (χ0) is 14.7. The number of hydrogen-bond donors (Lipinski definition) is 1. The van der Waals surface area contributed by atoms with Gasteiger partial charge in [-0.1, -0.05) is 29.3 Å². The van der Waals surface area contributed by atoms with Gasteiger partial charge >= 0.3 is 0 Å². The van der Waals surface area contributed by atoms with E-state index in [4.69, 9.17) is 23.2 Å². The molecule has 0 bridgehead atoms. The molecule has 0 unspecified atom stereocenters. The van der Waals surface area contributed by atoms with Crippen LogP contribution in [-0.2, 0) is 6.54 Å². The highest BCUT2D eigenvalue weighted by atomic mass is 35.5. The smallest absolute Gasteiger partial charge is 0.0424 e. The van der Waals surface area contributed by atoms with Crippen LogP contribution in [0.4, 0.5) is 11.4 Å². The highest BCUT2D eigenvalue weighted by molar-refractivity contribution is 6.34. The fourth-order valence-electron chi connectivity index (χ4n) is 2.71. The Labute approximate surface area is 135 Å². The summed E-state index contributed by atoms with van der Waals surface area (Å²) < 4.78 is 0. The number of benzene rings is 2. The van der Waals surface area contributed by atoms with E-state index < -0.39 is 0 Å². The maximum absolute atomic E-state index is 6.02. The summed E-state index contributed by atoms with van der Waals surface area (Å²) in [5.74, 6) is 0. The molecule has 1 heterocycles. The highest BCUT2D eigenvalue weighted by Crippen LogP contribution is 2.24. The van der Waals surface area contributed by atoms with E-state index in [9.17, 15) is 0 Å². The Bertz CT molecular complexity index is 602. The molecule has 1 fully saturated rings. The molecule has 1 N–H and O–H groups in total. The van der Waals surface area contributed by atoms with E-state index in [1.807, 2.05) is 12.1 Å². The Morgan fingerprint density at radius 2 is 1.67 bits per heavy atom. The Kier molecular flexibility index (Phi) is 4.57. The molecule has 0 saturated carbocycles. The number of hydrogen-bond acceptors (Lipinski definition) is 2. The van der Waals surface area contributed by atoms with Gasteiger partial charge in [0.05, 0.1) is 0 Å². The molecule has 1 aliphatic heterocycles. The zero-order valence-corrected chi connectivity index (χ0v) is 13.3. The summed E-state index contributed by atoms with van der Waals surface area (Å²) in [4.78, 5) is 2.43. The Morgan fingerprint density at radius 1 is 0.952 bits per heavy atom. The van der Waals surface area contributed by atoms with E-state index in [1.165, 1.54) is 18.5 Å². The molecule has 4 heteroatoms. The molecular formula is C17H18Cl2N2. The summed E-state index contributed by atoms with van der Waals surface area (Å²) >= 11 is 12.0. The molecule has 2 nitrogen and oxygen atoms in total. The van der Waals surface area contributed by atoms with E-state index >= 15 is 0 Å². The summed E-state index contributed by atoms with van der Waals surface area (Å²) in [5, 5.41) is 4.78. The van der Waals surface area contributed by atoms with Gasteiger partial charge in [0.25, 0.3) is 0 Å². The molecule has 21 heavy (non-hydrogen) atoms. The van der Waals surface area contributed by atoms with Gasteiger partial charge in [-0.25, -0.2) is 0 Å². The normalized spacial score (nSPS) is 14.5. The molecule has 0 aromatic heterocycles. The lowest BCUT2D eigenvalue weighted by molar-refractivity contribution is 0.949. The second kappa shape index (κ2) is 6.59. The lowest BCUT2D eigenvalue weighted by atomic mass is 10.2. The first-order valence-corrected chi connectivity index (χ1v) is 8.00. The van der Waals surface area contributed by atoms with Crippen molar-refractivity contribution in [3.05, 3.63) is 58.1 Å². The van der Waals surface area contributed by atoms with Gasteiger partial charge in [-0.15, -0.1) is 0 Å². The molecule has 0 aliphatic carbocycles. The topological polar surface area (TPSA) is 15.3 Å². The van der Waals surface area contributed by atoms with E-state index in [1.54, 1.807) is 6.07 Å². The van der Waals surface area contributed by atoms with Crippen molar-refractivity contribution in [3.63, 3.8) is 0 Å². The van der Waals surface area contributed by atoms with Crippen molar-refractivity contribution in [2.24, 2.45) is 0 Å². The molecule has 0 spiro atoms. The average Bonchev–Trinajstić information content (AvgIpc) is 2.99. The first-order valence-electron chi connectivity index (χ1n) is 7.24. The predicted octanol–water partition coefficient (Wildman–Crippen LogP) is 5.21. The van der Waals surface area contributed by atoms with E-state index in [0.717, 1.165) is 24.3 Å². The Hall–Kier alpha value is -1.38. The fourth-order valence-corrected chi connectivity index (χ4v) is 3.28. The summed E-state index contributed by atoms with van der Waals surface area (Å²) in [6.45, 7) is 3.03. The van der Waals surface area contributed by atoms with Gasteiger partial charge in [0.15, 0.2) is 0 Å². The van der Waals surface area contributed by atoms with E-state index in [-0.39, 0.29) is 0 Å². The number of halogens is 2. The highest BCUT2D eigenvalue weighted by Gasteiger charge is 2.12. The first kappa shape index (κ1) is 14.6. The lowest BCUT2D eigenvalue weighted by Gasteiger charge is -2.18.